The molecule has 0 fully saturated rings. The molecule has 0 aliphatic heterocycles. The van der Waals surface area contributed by atoms with Crippen molar-refractivity contribution in [3.05, 3.63) is 0 Å². The van der Waals surface area contributed by atoms with Gasteiger partial charge in [0, 0.05) is 12.6 Å². The molecule has 12 heavy (non-hydrogen) atoms. The van der Waals surface area contributed by atoms with Crippen LogP contribution in [0.3, 0.4) is 0 Å². The summed E-state index contributed by atoms with van der Waals surface area (Å²) >= 11 is 0. The van der Waals surface area contributed by atoms with Crippen molar-refractivity contribution in [3.8, 4) is 0 Å². The van der Waals surface area contributed by atoms with Crippen LogP contribution in [0.5, 0.6) is 0 Å². The summed E-state index contributed by atoms with van der Waals surface area (Å²) in [6.07, 6.45) is 3.39. The van der Waals surface area contributed by atoms with Gasteiger partial charge in [0.1, 0.15) is 0 Å². The molecular formula is C10H23NO. The summed E-state index contributed by atoms with van der Waals surface area (Å²) in [7, 11) is 0. The highest BCUT2D eigenvalue weighted by Gasteiger charge is 2.01. The molecule has 0 radical (unpaired) electrons. The van der Waals surface area contributed by atoms with E-state index in [4.69, 9.17) is 5.11 Å². The third-order valence-corrected chi connectivity index (χ3v) is 2.00. The van der Waals surface area contributed by atoms with Crippen molar-refractivity contribution in [2.75, 3.05) is 13.2 Å². The number of rotatable bonds is 7. The maximum atomic E-state index is 8.56. The van der Waals surface area contributed by atoms with Crippen LogP contribution in [0.25, 0.3) is 0 Å². The van der Waals surface area contributed by atoms with Crippen LogP contribution in [0.15, 0.2) is 0 Å². The standard InChI is InChI=1S/C10H23NO/c1-9(2)5-6-10(3)11-7-4-8-12/h9-12H,4-8H2,1-3H3. The second kappa shape index (κ2) is 7.56. The summed E-state index contributed by atoms with van der Waals surface area (Å²) in [6.45, 7) is 7.94. The minimum absolute atomic E-state index is 0.296. The molecule has 0 saturated carbocycles. The third-order valence-electron chi connectivity index (χ3n) is 2.00. The van der Waals surface area contributed by atoms with Gasteiger partial charge in [0.15, 0.2) is 0 Å². The molecule has 0 aromatic rings. The van der Waals surface area contributed by atoms with E-state index in [9.17, 15) is 0 Å². The summed E-state index contributed by atoms with van der Waals surface area (Å²) < 4.78 is 0. The summed E-state index contributed by atoms with van der Waals surface area (Å²) in [5, 5.41) is 11.9. The van der Waals surface area contributed by atoms with E-state index >= 15 is 0 Å². The number of aliphatic hydroxyl groups is 1. The van der Waals surface area contributed by atoms with Gasteiger partial charge >= 0.3 is 0 Å². The minimum Gasteiger partial charge on any atom is -0.396 e. The molecule has 2 nitrogen and oxygen atoms in total. The molecule has 0 aromatic carbocycles. The second-order valence-corrected chi connectivity index (χ2v) is 3.90. The molecule has 74 valence electrons. The van der Waals surface area contributed by atoms with Crippen LogP contribution >= 0.6 is 0 Å². The fraction of sp³-hybridized carbons (Fsp3) is 1.00. The third kappa shape index (κ3) is 8.02. The zero-order valence-corrected chi connectivity index (χ0v) is 8.64. The SMILES string of the molecule is CC(C)CCC(C)NCCCO. The first-order chi connectivity index (χ1) is 5.66. The van der Waals surface area contributed by atoms with Gasteiger partial charge in [-0.15, -0.1) is 0 Å². The molecule has 0 bridgehead atoms. The summed E-state index contributed by atoms with van der Waals surface area (Å²) in [5.74, 6) is 0.798. The van der Waals surface area contributed by atoms with E-state index in [-0.39, 0.29) is 0 Å². The number of nitrogens with one attached hydrogen (secondary N) is 1. The van der Waals surface area contributed by atoms with E-state index in [1.807, 2.05) is 0 Å². The van der Waals surface area contributed by atoms with Gasteiger partial charge < -0.3 is 10.4 Å². The van der Waals surface area contributed by atoms with E-state index < -0.39 is 0 Å². The highest BCUT2D eigenvalue weighted by molar-refractivity contribution is 4.61. The van der Waals surface area contributed by atoms with Crippen molar-refractivity contribution in [2.45, 2.75) is 46.1 Å². The van der Waals surface area contributed by atoms with Crippen molar-refractivity contribution < 1.29 is 5.11 Å². The molecule has 1 unspecified atom stereocenters. The van der Waals surface area contributed by atoms with Gasteiger partial charge in [-0.1, -0.05) is 13.8 Å². The molecule has 0 aliphatic carbocycles. The van der Waals surface area contributed by atoms with Crippen molar-refractivity contribution in [2.24, 2.45) is 5.92 Å². The highest BCUT2D eigenvalue weighted by atomic mass is 16.3. The van der Waals surface area contributed by atoms with E-state index in [1.54, 1.807) is 0 Å². The van der Waals surface area contributed by atoms with Crippen molar-refractivity contribution in [1.29, 1.82) is 0 Å². The molecule has 2 heteroatoms. The van der Waals surface area contributed by atoms with Gasteiger partial charge in [-0.05, 0) is 38.6 Å². The minimum atomic E-state index is 0.296. The molecule has 0 aromatic heterocycles. The van der Waals surface area contributed by atoms with Gasteiger partial charge in [-0.3, -0.25) is 0 Å². The molecule has 0 amide bonds. The summed E-state index contributed by atoms with van der Waals surface area (Å²) in [6, 6.07) is 0.596. The van der Waals surface area contributed by atoms with Gasteiger partial charge in [-0.2, -0.15) is 0 Å². The summed E-state index contributed by atoms with van der Waals surface area (Å²) in [5.41, 5.74) is 0. The summed E-state index contributed by atoms with van der Waals surface area (Å²) in [4.78, 5) is 0. The topological polar surface area (TPSA) is 32.3 Å². The lowest BCUT2D eigenvalue weighted by Gasteiger charge is -2.14. The Morgan fingerprint density at radius 3 is 2.33 bits per heavy atom. The second-order valence-electron chi connectivity index (χ2n) is 3.90. The molecule has 1 atom stereocenters. The number of hydrogen-bond donors (Lipinski definition) is 2. The molecule has 0 rings (SSSR count). The maximum Gasteiger partial charge on any atom is 0.0443 e. The first-order valence-electron chi connectivity index (χ1n) is 5.01. The van der Waals surface area contributed by atoms with Crippen LogP contribution in [-0.2, 0) is 0 Å². The Balaban J connectivity index is 3.15. The lowest BCUT2D eigenvalue weighted by molar-refractivity contribution is 0.282. The normalized spacial score (nSPS) is 13.8. The first kappa shape index (κ1) is 11.9. The Kier molecular flexibility index (Phi) is 7.51. The predicted molar refractivity (Wildman–Crippen MR) is 53.2 cm³/mol. The maximum absolute atomic E-state index is 8.56. The number of aliphatic hydroxyl groups excluding tert-OH is 1. The van der Waals surface area contributed by atoms with Crippen molar-refractivity contribution in [1.82, 2.24) is 5.32 Å². The van der Waals surface area contributed by atoms with Crippen LogP contribution in [0.4, 0.5) is 0 Å². The molecule has 0 spiro atoms. The molecule has 0 saturated heterocycles. The van der Waals surface area contributed by atoms with E-state index in [0.717, 1.165) is 18.9 Å². The van der Waals surface area contributed by atoms with Crippen LogP contribution < -0.4 is 5.32 Å². The van der Waals surface area contributed by atoms with Gasteiger partial charge in [-0.25, -0.2) is 0 Å². The average molecular weight is 173 g/mol. The number of hydrogen-bond acceptors (Lipinski definition) is 2. The van der Waals surface area contributed by atoms with Gasteiger partial charge in [0.2, 0.25) is 0 Å². The molecule has 2 N–H and O–H groups in total. The van der Waals surface area contributed by atoms with Crippen molar-refractivity contribution in [3.63, 3.8) is 0 Å². The van der Waals surface area contributed by atoms with Gasteiger partial charge in [0.25, 0.3) is 0 Å². The zero-order chi connectivity index (χ0) is 9.40. The van der Waals surface area contributed by atoms with Gasteiger partial charge in [0.05, 0.1) is 0 Å². The molecule has 0 aliphatic rings. The van der Waals surface area contributed by atoms with Crippen LogP contribution in [0.2, 0.25) is 0 Å². The zero-order valence-electron chi connectivity index (χ0n) is 8.64. The average Bonchev–Trinajstić information content (AvgIpc) is 2.01. The van der Waals surface area contributed by atoms with E-state index in [2.05, 4.69) is 26.1 Å². The lowest BCUT2D eigenvalue weighted by Crippen LogP contribution is -2.27. The van der Waals surface area contributed by atoms with Crippen molar-refractivity contribution >= 4 is 0 Å². The fourth-order valence-corrected chi connectivity index (χ4v) is 1.11. The quantitative estimate of drug-likeness (QED) is 0.575. The largest absolute Gasteiger partial charge is 0.396 e. The Labute approximate surface area is 76.4 Å². The highest BCUT2D eigenvalue weighted by Crippen LogP contribution is 2.05. The van der Waals surface area contributed by atoms with E-state index in [0.29, 0.717) is 12.6 Å². The fourth-order valence-electron chi connectivity index (χ4n) is 1.11. The Bertz CT molecular complexity index is 93.8. The van der Waals surface area contributed by atoms with Crippen LogP contribution in [-0.4, -0.2) is 24.3 Å². The molecule has 0 heterocycles. The molecular weight excluding hydrogens is 150 g/mol. The lowest BCUT2D eigenvalue weighted by atomic mass is 10.0. The monoisotopic (exact) mass is 173 g/mol. The predicted octanol–water partition coefficient (Wildman–Crippen LogP) is 1.78. The Hall–Kier alpha value is -0.0800. The Morgan fingerprint density at radius 1 is 1.17 bits per heavy atom. The smallest absolute Gasteiger partial charge is 0.0443 e. The van der Waals surface area contributed by atoms with Crippen LogP contribution in [0, 0.1) is 5.92 Å². The van der Waals surface area contributed by atoms with E-state index in [1.165, 1.54) is 12.8 Å². The first-order valence-corrected chi connectivity index (χ1v) is 5.01. The Morgan fingerprint density at radius 2 is 1.83 bits per heavy atom. The van der Waals surface area contributed by atoms with Crippen LogP contribution in [0.1, 0.15) is 40.0 Å².